The Balaban J connectivity index is 1.58. The van der Waals surface area contributed by atoms with Crippen LogP contribution in [-0.4, -0.2) is 57.1 Å². The first-order chi connectivity index (χ1) is 13.5. The first-order valence-corrected chi connectivity index (χ1v) is 10.5. The van der Waals surface area contributed by atoms with E-state index in [1.54, 1.807) is 0 Å². The molecule has 6 nitrogen and oxygen atoms in total. The molecule has 6 heteroatoms. The average Bonchev–Trinajstić information content (AvgIpc) is 3.16. The maximum absolute atomic E-state index is 5.88. The van der Waals surface area contributed by atoms with Gasteiger partial charge in [-0.05, 0) is 45.1 Å². The molecule has 3 N–H and O–H groups in total. The van der Waals surface area contributed by atoms with E-state index in [1.807, 2.05) is 7.05 Å². The number of ether oxygens (including phenoxy) is 2. The molecule has 0 radical (unpaired) electrons. The Bertz CT molecular complexity index is 623. The molecule has 2 atom stereocenters. The maximum Gasteiger partial charge on any atom is 0.191 e. The summed E-state index contributed by atoms with van der Waals surface area (Å²) in [5.74, 6) is 0.830. The molecule has 156 valence electrons. The van der Waals surface area contributed by atoms with Gasteiger partial charge >= 0.3 is 0 Å². The second-order valence-corrected chi connectivity index (χ2v) is 8.35. The Morgan fingerprint density at radius 1 is 1.07 bits per heavy atom. The van der Waals surface area contributed by atoms with E-state index in [2.05, 4.69) is 65.1 Å². The molecule has 2 heterocycles. The van der Waals surface area contributed by atoms with E-state index in [9.17, 15) is 0 Å². The first-order valence-electron chi connectivity index (χ1n) is 10.5. The topological polar surface area (TPSA) is 66.9 Å². The summed E-state index contributed by atoms with van der Waals surface area (Å²) in [5.41, 5.74) is 1.20. The SMILES string of the molecule is CN=C(NCC1(NC(C)c2ccccc2)CCOCC1)NCC1(C)CCCO1. The minimum absolute atomic E-state index is 0.0150. The van der Waals surface area contributed by atoms with Crippen molar-refractivity contribution in [1.29, 1.82) is 0 Å². The first kappa shape index (κ1) is 21.1. The normalized spacial score (nSPS) is 26.0. The van der Waals surface area contributed by atoms with Gasteiger partial charge in [-0.1, -0.05) is 30.3 Å². The average molecular weight is 389 g/mol. The van der Waals surface area contributed by atoms with Crippen molar-refractivity contribution in [3.05, 3.63) is 35.9 Å². The highest BCUT2D eigenvalue weighted by molar-refractivity contribution is 5.79. The highest BCUT2D eigenvalue weighted by atomic mass is 16.5. The number of guanidine groups is 1. The zero-order valence-electron chi connectivity index (χ0n) is 17.6. The molecule has 2 aliphatic rings. The molecule has 1 aromatic carbocycles. The van der Waals surface area contributed by atoms with Crippen LogP contribution in [0.5, 0.6) is 0 Å². The third-order valence-corrected chi connectivity index (χ3v) is 6.02. The van der Waals surface area contributed by atoms with Crippen molar-refractivity contribution in [1.82, 2.24) is 16.0 Å². The fraction of sp³-hybridized carbons (Fsp3) is 0.682. The van der Waals surface area contributed by atoms with E-state index in [0.29, 0.717) is 0 Å². The lowest BCUT2D eigenvalue weighted by Crippen LogP contribution is -2.58. The Labute approximate surface area is 169 Å². The zero-order valence-corrected chi connectivity index (χ0v) is 17.6. The van der Waals surface area contributed by atoms with E-state index in [-0.39, 0.29) is 17.2 Å². The van der Waals surface area contributed by atoms with Crippen molar-refractivity contribution in [2.24, 2.45) is 4.99 Å². The summed E-state index contributed by atoms with van der Waals surface area (Å²) in [7, 11) is 1.82. The van der Waals surface area contributed by atoms with Gasteiger partial charge in [-0.15, -0.1) is 0 Å². The Morgan fingerprint density at radius 2 is 1.79 bits per heavy atom. The van der Waals surface area contributed by atoms with Gasteiger partial charge < -0.3 is 25.4 Å². The summed E-state index contributed by atoms with van der Waals surface area (Å²) >= 11 is 0. The van der Waals surface area contributed by atoms with Crippen LogP contribution in [-0.2, 0) is 9.47 Å². The number of benzene rings is 1. The minimum atomic E-state index is -0.0892. The van der Waals surface area contributed by atoms with Gasteiger partial charge in [-0.25, -0.2) is 0 Å². The van der Waals surface area contributed by atoms with Crippen LogP contribution in [0.15, 0.2) is 35.3 Å². The van der Waals surface area contributed by atoms with Gasteiger partial charge in [0.15, 0.2) is 5.96 Å². The maximum atomic E-state index is 5.88. The summed E-state index contributed by atoms with van der Waals surface area (Å²) in [6, 6.07) is 10.9. The van der Waals surface area contributed by atoms with E-state index in [0.717, 1.165) is 64.6 Å². The number of hydrogen-bond acceptors (Lipinski definition) is 4. The molecule has 2 saturated heterocycles. The van der Waals surface area contributed by atoms with Gasteiger partial charge in [0.2, 0.25) is 0 Å². The molecule has 2 aliphatic heterocycles. The molecular formula is C22H36N4O2. The summed E-state index contributed by atoms with van der Waals surface area (Å²) < 4.78 is 11.5. The smallest absolute Gasteiger partial charge is 0.191 e. The second-order valence-electron chi connectivity index (χ2n) is 8.35. The molecule has 0 saturated carbocycles. The molecule has 28 heavy (non-hydrogen) atoms. The lowest BCUT2D eigenvalue weighted by Gasteiger charge is -2.41. The van der Waals surface area contributed by atoms with Gasteiger partial charge in [-0.3, -0.25) is 4.99 Å². The van der Waals surface area contributed by atoms with Crippen molar-refractivity contribution >= 4 is 5.96 Å². The van der Waals surface area contributed by atoms with Gasteiger partial charge in [0.1, 0.15) is 0 Å². The molecule has 1 aromatic rings. The molecule has 0 aliphatic carbocycles. The predicted molar refractivity (Wildman–Crippen MR) is 114 cm³/mol. The van der Waals surface area contributed by atoms with Crippen LogP contribution in [0.25, 0.3) is 0 Å². The number of nitrogens with zero attached hydrogens (tertiary/aromatic N) is 1. The number of aliphatic imine (C=N–C) groups is 1. The lowest BCUT2D eigenvalue weighted by molar-refractivity contribution is 0.0240. The highest BCUT2D eigenvalue weighted by Crippen LogP contribution is 2.25. The van der Waals surface area contributed by atoms with Crippen LogP contribution in [0.4, 0.5) is 0 Å². The molecule has 0 amide bonds. The third-order valence-electron chi connectivity index (χ3n) is 6.02. The van der Waals surface area contributed by atoms with Gasteiger partial charge in [-0.2, -0.15) is 0 Å². The molecule has 2 fully saturated rings. The molecule has 0 aromatic heterocycles. The molecule has 0 spiro atoms. The predicted octanol–water partition coefficient (Wildman–Crippen LogP) is 2.62. The Kier molecular flexibility index (Phi) is 7.32. The standard InChI is InChI=1S/C22H36N4O2/c1-18(19-8-5-4-6-9-19)26-22(11-14-27-15-12-22)17-25-20(23-3)24-16-21(2)10-7-13-28-21/h4-6,8-9,18,26H,7,10-17H2,1-3H3,(H2,23,24,25). The lowest BCUT2D eigenvalue weighted by atomic mass is 9.88. The van der Waals surface area contributed by atoms with Gasteiger partial charge in [0.05, 0.1) is 5.60 Å². The number of rotatable bonds is 7. The number of hydrogen-bond donors (Lipinski definition) is 3. The fourth-order valence-corrected chi connectivity index (χ4v) is 4.14. The molecule has 3 rings (SSSR count). The largest absolute Gasteiger partial charge is 0.381 e. The number of nitrogens with one attached hydrogen (secondary N) is 3. The van der Waals surface area contributed by atoms with E-state index < -0.39 is 0 Å². The summed E-state index contributed by atoms with van der Waals surface area (Å²) in [4.78, 5) is 4.41. The van der Waals surface area contributed by atoms with Crippen LogP contribution in [0, 0.1) is 0 Å². The van der Waals surface area contributed by atoms with Crippen molar-refractivity contribution < 1.29 is 9.47 Å². The van der Waals surface area contributed by atoms with Crippen molar-refractivity contribution in [2.75, 3.05) is 40.0 Å². The Hall–Kier alpha value is -1.63. The van der Waals surface area contributed by atoms with Crippen LogP contribution >= 0.6 is 0 Å². The third kappa shape index (κ3) is 5.69. The van der Waals surface area contributed by atoms with E-state index >= 15 is 0 Å². The van der Waals surface area contributed by atoms with Crippen molar-refractivity contribution in [3.8, 4) is 0 Å². The highest BCUT2D eigenvalue weighted by Gasteiger charge is 2.34. The summed E-state index contributed by atoms with van der Waals surface area (Å²) in [6.45, 7) is 8.42. The summed E-state index contributed by atoms with van der Waals surface area (Å²) in [5, 5.41) is 10.9. The summed E-state index contributed by atoms with van der Waals surface area (Å²) in [6.07, 6.45) is 4.19. The van der Waals surface area contributed by atoms with Crippen molar-refractivity contribution in [2.45, 2.75) is 56.7 Å². The van der Waals surface area contributed by atoms with Gasteiger partial charge in [0.25, 0.3) is 0 Å². The quantitative estimate of drug-likeness (QED) is 0.495. The van der Waals surface area contributed by atoms with Gasteiger partial charge in [0, 0.05) is 51.5 Å². The Morgan fingerprint density at radius 3 is 2.43 bits per heavy atom. The monoisotopic (exact) mass is 388 g/mol. The molecular weight excluding hydrogens is 352 g/mol. The van der Waals surface area contributed by atoms with Crippen molar-refractivity contribution in [3.63, 3.8) is 0 Å². The molecule has 0 bridgehead atoms. The minimum Gasteiger partial charge on any atom is -0.381 e. The fourth-order valence-electron chi connectivity index (χ4n) is 4.14. The van der Waals surface area contributed by atoms with E-state index in [1.165, 1.54) is 5.56 Å². The second kappa shape index (κ2) is 9.72. The van der Waals surface area contributed by atoms with Crippen LogP contribution in [0.2, 0.25) is 0 Å². The molecule has 2 unspecified atom stereocenters. The zero-order chi connectivity index (χ0) is 19.9. The van der Waals surface area contributed by atoms with Crippen LogP contribution in [0.1, 0.15) is 51.1 Å². The van der Waals surface area contributed by atoms with E-state index in [4.69, 9.17) is 9.47 Å². The van der Waals surface area contributed by atoms with Crippen LogP contribution < -0.4 is 16.0 Å². The van der Waals surface area contributed by atoms with Crippen LogP contribution in [0.3, 0.4) is 0 Å².